The van der Waals surface area contributed by atoms with Crippen LogP contribution in [0.2, 0.25) is 11.1 Å². The molecule has 0 aliphatic rings. The number of nitrogens with zero attached hydrogens (tertiary/aromatic N) is 1. The van der Waals surface area contributed by atoms with Gasteiger partial charge in [0.15, 0.2) is 0 Å². The molecule has 2 heterocycles. The Balaban J connectivity index is 1.14. The molecule has 0 unspecified atom stereocenters. The highest BCUT2D eigenvalue weighted by Crippen LogP contribution is 2.38. The summed E-state index contributed by atoms with van der Waals surface area (Å²) in [7, 11) is -2.06. The molecular formula is C48H41NOSi. The van der Waals surface area contributed by atoms with Crippen molar-refractivity contribution < 1.29 is 4.42 Å². The highest BCUT2D eigenvalue weighted by atomic mass is 28.3. The molecule has 2 nitrogen and oxygen atoms in total. The van der Waals surface area contributed by atoms with E-state index in [0.717, 1.165) is 27.6 Å². The van der Waals surface area contributed by atoms with Gasteiger partial charge in [-0.1, -0.05) is 153 Å². The number of hydrogen-bond acceptors (Lipinski definition) is 1. The van der Waals surface area contributed by atoms with Crippen molar-refractivity contribution in [2.75, 3.05) is 0 Å². The Hall–Kier alpha value is -5.64. The van der Waals surface area contributed by atoms with Gasteiger partial charge in [-0.3, -0.25) is 0 Å². The Bertz CT molecular complexity index is 2650. The van der Waals surface area contributed by atoms with Gasteiger partial charge >= 0.3 is 0 Å². The summed E-state index contributed by atoms with van der Waals surface area (Å²) in [5.74, 6) is 0. The van der Waals surface area contributed by atoms with Crippen molar-refractivity contribution in [3.05, 3.63) is 164 Å². The molecule has 0 bridgehead atoms. The van der Waals surface area contributed by atoms with Gasteiger partial charge in [-0.05, 0) is 81.9 Å². The fourth-order valence-corrected chi connectivity index (χ4v) is 14.8. The van der Waals surface area contributed by atoms with Crippen LogP contribution >= 0.6 is 0 Å². The maximum Gasteiger partial charge on any atom is 0.135 e. The topological polar surface area (TPSA) is 18.1 Å². The van der Waals surface area contributed by atoms with Gasteiger partial charge in [-0.25, -0.2) is 0 Å². The summed E-state index contributed by atoms with van der Waals surface area (Å²) in [6, 6.07) is 60.3. The van der Waals surface area contributed by atoms with E-state index in [4.69, 9.17) is 4.42 Å². The molecule has 0 amide bonds. The minimum Gasteiger partial charge on any atom is -0.456 e. The lowest BCUT2D eigenvalue weighted by atomic mass is 9.98. The third kappa shape index (κ3) is 4.98. The zero-order valence-electron chi connectivity index (χ0n) is 29.6. The lowest BCUT2D eigenvalue weighted by Gasteiger charge is -2.40. The van der Waals surface area contributed by atoms with Crippen LogP contribution < -0.4 is 10.4 Å². The van der Waals surface area contributed by atoms with Gasteiger partial charge < -0.3 is 8.98 Å². The van der Waals surface area contributed by atoms with Gasteiger partial charge in [-0.2, -0.15) is 0 Å². The summed E-state index contributed by atoms with van der Waals surface area (Å²) in [6.07, 6.45) is 0. The Labute approximate surface area is 300 Å². The molecule has 0 fully saturated rings. The van der Waals surface area contributed by atoms with Crippen LogP contribution in [0.4, 0.5) is 0 Å². The number of para-hydroxylation sites is 2. The highest BCUT2D eigenvalue weighted by Gasteiger charge is 2.43. The number of hydrogen-bond donors (Lipinski definition) is 0. The van der Waals surface area contributed by atoms with Crippen LogP contribution in [0.5, 0.6) is 0 Å². The standard InChI is InChI=1S/C48H41NOSi/c1-32(2)51(33(3)4,39-17-6-5-7-18-39)40-19-13-16-36(29-40)34-14-12-15-35(28-34)37-24-26-47-43(30-37)44-31-38(25-27-48(44)50-47)49-45-22-10-8-20-41(45)42-21-9-11-23-46(42)49/h5-33H,1-4H3. The highest BCUT2D eigenvalue weighted by molar-refractivity contribution is 7.04. The van der Waals surface area contributed by atoms with Crippen LogP contribution in [-0.2, 0) is 0 Å². The molecular weight excluding hydrogens is 635 g/mol. The largest absolute Gasteiger partial charge is 0.456 e. The summed E-state index contributed by atoms with van der Waals surface area (Å²) < 4.78 is 8.77. The van der Waals surface area contributed by atoms with Crippen LogP contribution in [0.15, 0.2) is 168 Å². The second kappa shape index (κ2) is 12.3. The molecule has 0 atom stereocenters. The Morgan fingerprint density at radius 2 is 0.922 bits per heavy atom. The van der Waals surface area contributed by atoms with Crippen LogP contribution in [0.3, 0.4) is 0 Å². The van der Waals surface area contributed by atoms with Crippen molar-refractivity contribution in [1.82, 2.24) is 4.57 Å². The SMILES string of the molecule is CC(C)[Si](c1ccccc1)(c1cccc(-c2cccc(-c3ccc4oc5ccc(-n6c7ccccc7c7ccccc76)cc5c4c3)c2)c1)C(C)C. The van der Waals surface area contributed by atoms with Crippen LogP contribution in [0, 0.1) is 0 Å². The van der Waals surface area contributed by atoms with Gasteiger partial charge in [0, 0.05) is 27.2 Å². The number of rotatable bonds is 7. The van der Waals surface area contributed by atoms with E-state index >= 15 is 0 Å². The molecule has 0 saturated carbocycles. The van der Waals surface area contributed by atoms with E-state index in [0.29, 0.717) is 11.1 Å². The van der Waals surface area contributed by atoms with Crippen molar-refractivity contribution in [1.29, 1.82) is 0 Å². The summed E-state index contributed by atoms with van der Waals surface area (Å²) in [4.78, 5) is 0. The van der Waals surface area contributed by atoms with Crippen molar-refractivity contribution >= 4 is 62.2 Å². The van der Waals surface area contributed by atoms with Crippen molar-refractivity contribution in [2.45, 2.75) is 38.8 Å². The van der Waals surface area contributed by atoms with Gasteiger partial charge in [-0.15, -0.1) is 0 Å². The zero-order chi connectivity index (χ0) is 34.7. The number of aromatic nitrogens is 1. The molecule has 51 heavy (non-hydrogen) atoms. The Morgan fingerprint density at radius 1 is 0.412 bits per heavy atom. The molecule has 0 N–H and O–H groups in total. The first-order valence-corrected chi connectivity index (χ1v) is 20.3. The fourth-order valence-electron chi connectivity index (χ4n) is 9.00. The molecule has 0 aliphatic carbocycles. The third-order valence-electron chi connectivity index (χ3n) is 11.2. The second-order valence-corrected chi connectivity index (χ2v) is 19.8. The first-order valence-electron chi connectivity index (χ1n) is 18.2. The molecule has 2 aromatic heterocycles. The average molecular weight is 676 g/mol. The zero-order valence-corrected chi connectivity index (χ0v) is 30.6. The normalized spacial score (nSPS) is 12.3. The maximum absolute atomic E-state index is 6.40. The molecule has 248 valence electrons. The molecule has 0 saturated heterocycles. The number of furan rings is 1. The van der Waals surface area contributed by atoms with E-state index in [9.17, 15) is 0 Å². The van der Waals surface area contributed by atoms with Gasteiger partial charge in [0.2, 0.25) is 0 Å². The minimum atomic E-state index is -2.06. The average Bonchev–Trinajstić information content (AvgIpc) is 3.70. The predicted octanol–water partition coefficient (Wildman–Crippen LogP) is 12.4. The van der Waals surface area contributed by atoms with E-state index in [1.165, 1.54) is 54.4 Å². The first kappa shape index (κ1) is 31.3. The summed E-state index contributed by atoms with van der Waals surface area (Å²) >= 11 is 0. The molecule has 0 radical (unpaired) electrons. The van der Waals surface area contributed by atoms with Crippen LogP contribution in [0.25, 0.3) is 71.7 Å². The monoisotopic (exact) mass is 675 g/mol. The quantitative estimate of drug-likeness (QED) is 0.154. The van der Waals surface area contributed by atoms with Crippen molar-refractivity contribution in [3.8, 4) is 27.9 Å². The molecule has 9 aromatic rings. The van der Waals surface area contributed by atoms with Crippen molar-refractivity contribution in [3.63, 3.8) is 0 Å². The van der Waals surface area contributed by atoms with E-state index < -0.39 is 8.07 Å². The molecule has 9 rings (SSSR count). The number of fused-ring (bicyclic) bond motifs is 6. The molecule has 0 spiro atoms. The maximum atomic E-state index is 6.40. The molecule has 7 aromatic carbocycles. The van der Waals surface area contributed by atoms with E-state index in [-0.39, 0.29) is 0 Å². The Kier molecular flexibility index (Phi) is 7.56. The molecule has 3 heteroatoms. The van der Waals surface area contributed by atoms with Crippen LogP contribution in [-0.4, -0.2) is 12.6 Å². The second-order valence-electron chi connectivity index (χ2n) is 14.6. The third-order valence-corrected chi connectivity index (χ3v) is 17.4. The van der Waals surface area contributed by atoms with E-state index in [2.05, 4.69) is 196 Å². The lowest BCUT2D eigenvalue weighted by molar-refractivity contribution is 0.669. The smallest absolute Gasteiger partial charge is 0.135 e. The van der Waals surface area contributed by atoms with Crippen molar-refractivity contribution in [2.24, 2.45) is 0 Å². The van der Waals surface area contributed by atoms with Gasteiger partial charge in [0.05, 0.1) is 11.0 Å². The van der Waals surface area contributed by atoms with Gasteiger partial charge in [0.1, 0.15) is 19.2 Å². The number of benzene rings is 7. The minimum absolute atomic E-state index is 0.563. The van der Waals surface area contributed by atoms with E-state index in [1.54, 1.807) is 0 Å². The summed E-state index contributed by atoms with van der Waals surface area (Å²) in [5.41, 5.74) is 11.4. The summed E-state index contributed by atoms with van der Waals surface area (Å²) in [6.45, 7) is 9.70. The molecule has 0 aliphatic heterocycles. The van der Waals surface area contributed by atoms with E-state index in [1.807, 2.05) is 0 Å². The summed E-state index contributed by atoms with van der Waals surface area (Å²) in [5, 5.41) is 7.80. The lowest BCUT2D eigenvalue weighted by Crippen LogP contribution is -2.62. The van der Waals surface area contributed by atoms with Gasteiger partial charge in [0.25, 0.3) is 0 Å². The Morgan fingerprint density at radius 3 is 1.57 bits per heavy atom. The predicted molar refractivity (Wildman–Crippen MR) is 221 cm³/mol. The van der Waals surface area contributed by atoms with Crippen LogP contribution in [0.1, 0.15) is 27.7 Å². The first-order chi connectivity index (χ1) is 24.9. The fraction of sp³-hybridized carbons (Fsp3) is 0.125.